The fourth-order valence-corrected chi connectivity index (χ4v) is 2.14. The number of hydrogen-bond acceptors (Lipinski definition) is 4. The molecule has 0 radical (unpaired) electrons. The van der Waals surface area contributed by atoms with Crippen LogP contribution in [0.5, 0.6) is 5.75 Å². The number of nitrogens with zero attached hydrogens (tertiary/aromatic N) is 1. The zero-order valence-electron chi connectivity index (χ0n) is 10.6. The van der Waals surface area contributed by atoms with Crippen molar-refractivity contribution in [2.75, 3.05) is 6.54 Å². The standard InChI is InChI=1S/C14H15NO5/c16-10-4-1-9(2-5-10)3-6-13(18)15-8-11(17)7-12(15)14(19)20/h1-6,11-12,16-17H,7-8H2,(H,19,20)/t11-,12-/m1/s1. The molecule has 1 aliphatic heterocycles. The first-order chi connectivity index (χ1) is 9.47. The lowest BCUT2D eigenvalue weighted by Crippen LogP contribution is -2.39. The van der Waals surface area contributed by atoms with Gasteiger partial charge < -0.3 is 20.2 Å². The largest absolute Gasteiger partial charge is 0.508 e. The van der Waals surface area contributed by atoms with Crippen LogP contribution in [0.3, 0.4) is 0 Å². The summed E-state index contributed by atoms with van der Waals surface area (Å²) in [5.74, 6) is -1.45. The van der Waals surface area contributed by atoms with Gasteiger partial charge in [-0.15, -0.1) is 0 Å². The van der Waals surface area contributed by atoms with Crippen molar-refractivity contribution in [1.29, 1.82) is 0 Å². The molecule has 0 spiro atoms. The second-order valence-electron chi connectivity index (χ2n) is 4.66. The third kappa shape index (κ3) is 3.16. The highest BCUT2D eigenvalue weighted by Gasteiger charge is 2.37. The topological polar surface area (TPSA) is 98.1 Å². The van der Waals surface area contributed by atoms with E-state index in [-0.39, 0.29) is 18.7 Å². The van der Waals surface area contributed by atoms with E-state index in [9.17, 15) is 14.7 Å². The molecule has 1 saturated heterocycles. The van der Waals surface area contributed by atoms with Crippen molar-refractivity contribution < 1.29 is 24.9 Å². The van der Waals surface area contributed by atoms with Crippen molar-refractivity contribution in [3.05, 3.63) is 35.9 Å². The van der Waals surface area contributed by atoms with E-state index in [0.29, 0.717) is 5.56 Å². The number of aliphatic carboxylic acids is 1. The highest BCUT2D eigenvalue weighted by Crippen LogP contribution is 2.19. The minimum absolute atomic E-state index is 0.0235. The van der Waals surface area contributed by atoms with Crippen molar-refractivity contribution in [2.24, 2.45) is 0 Å². The zero-order valence-corrected chi connectivity index (χ0v) is 10.6. The summed E-state index contributed by atoms with van der Waals surface area (Å²) in [6.45, 7) is 0.0235. The zero-order chi connectivity index (χ0) is 14.7. The van der Waals surface area contributed by atoms with E-state index in [0.717, 1.165) is 4.90 Å². The van der Waals surface area contributed by atoms with Gasteiger partial charge in [-0.3, -0.25) is 4.79 Å². The summed E-state index contributed by atoms with van der Waals surface area (Å²) in [6, 6.07) is 5.26. The Morgan fingerprint density at radius 1 is 1.25 bits per heavy atom. The molecule has 1 aliphatic rings. The molecular formula is C14H15NO5. The van der Waals surface area contributed by atoms with E-state index in [1.165, 1.54) is 24.3 Å². The van der Waals surface area contributed by atoms with E-state index in [2.05, 4.69) is 0 Å². The number of carboxylic acids is 1. The molecule has 0 unspecified atom stereocenters. The number of phenols is 1. The molecule has 2 atom stereocenters. The van der Waals surface area contributed by atoms with E-state index in [4.69, 9.17) is 10.2 Å². The summed E-state index contributed by atoms with van der Waals surface area (Å²) in [5.41, 5.74) is 0.711. The molecule has 1 heterocycles. The number of phenolic OH excluding ortho intramolecular Hbond substituents is 1. The second-order valence-corrected chi connectivity index (χ2v) is 4.66. The second kappa shape index (κ2) is 5.75. The lowest BCUT2D eigenvalue weighted by Gasteiger charge is -2.19. The van der Waals surface area contributed by atoms with Gasteiger partial charge in [-0.25, -0.2) is 4.79 Å². The molecule has 1 fully saturated rings. The maximum Gasteiger partial charge on any atom is 0.326 e. The minimum atomic E-state index is -1.12. The lowest BCUT2D eigenvalue weighted by atomic mass is 10.2. The molecular weight excluding hydrogens is 262 g/mol. The van der Waals surface area contributed by atoms with Gasteiger partial charge in [0.1, 0.15) is 11.8 Å². The molecule has 6 heteroatoms. The molecule has 6 nitrogen and oxygen atoms in total. The van der Waals surface area contributed by atoms with Crippen LogP contribution >= 0.6 is 0 Å². The molecule has 0 bridgehead atoms. The molecule has 1 aromatic rings. The number of β-amino-alcohol motifs (C(OH)–C–C–N with tert-alkyl or cyclic N) is 1. The average molecular weight is 277 g/mol. The molecule has 106 valence electrons. The van der Waals surface area contributed by atoms with Gasteiger partial charge in [-0.05, 0) is 23.8 Å². The molecule has 0 aromatic heterocycles. The van der Waals surface area contributed by atoms with Gasteiger partial charge in [0.15, 0.2) is 0 Å². The molecule has 2 rings (SSSR count). The van der Waals surface area contributed by atoms with Crippen molar-refractivity contribution in [2.45, 2.75) is 18.6 Å². The number of amides is 1. The van der Waals surface area contributed by atoms with Crippen LogP contribution in [0.25, 0.3) is 6.08 Å². The molecule has 0 aliphatic carbocycles. The smallest absolute Gasteiger partial charge is 0.326 e. The van der Waals surface area contributed by atoms with Crippen molar-refractivity contribution in [1.82, 2.24) is 4.90 Å². The average Bonchev–Trinajstić information content (AvgIpc) is 2.80. The third-order valence-corrected chi connectivity index (χ3v) is 3.16. The first-order valence-corrected chi connectivity index (χ1v) is 6.16. The fraction of sp³-hybridized carbons (Fsp3) is 0.286. The summed E-state index contributed by atoms with van der Waals surface area (Å²) in [7, 11) is 0. The maximum atomic E-state index is 12.0. The molecule has 20 heavy (non-hydrogen) atoms. The van der Waals surface area contributed by atoms with Gasteiger partial charge >= 0.3 is 5.97 Å². The third-order valence-electron chi connectivity index (χ3n) is 3.16. The Morgan fingerprint density at radius 3 is 2.50 bits per heavy atom. The van der Waals surface area contributed by atoms with Crippen LogP contribution in [-0.4, -0.2) is 50.8 Å². The molecule has 1 amide bonds. The Hall–Kier alpha value is -2.34. The van der Waals surface area contributed by atoms with Gasteiger partial charge in [0.2, 0.25) is 5.91 Å². The Balaban J connectivity index is 2.07. The normalized spacial score (nSPS) is 22.4. The SMILES string of the molecule is O=C(O)[C@H]1C[C@@H](O)CN1C(=O)C=Cc1ccc(O)cc1. The number of benzene rings is 1. The monoisotopic (exact) mass is 277 g/mol. The van der Waals surface area contributed by atoms with Gasteiger partial charge in [-0.2, -0.15) is 0 Å². The van der Waals surface area contributed by atoms with Crippen LogP contribution in [0, 0.1) is 0 Å². The number of aliphatic hydroxyl groups is 1. The Kier molecular flexibility index (Phi) is 4.05. The van der Waals surface area contributed by atoms with Crippen molar-refractivity contribution in [3.63, 3.8) is 0 Å². The minimum Gasteiger partial charge on any atom is -0.508 e. The number of carboxylic acid groups (broad SMARTS) is 1. The number of carbonyl (C=O) groups is 2. The molecule has 3 N–H and O–H groups in total. The Morgan fingerprint density at radius 2 is 1.90 bits per heavy atom. The number of aromatic hydroxyl groups is 1. The fourth-order valence-electron chi connectivity index (χ4n) is 2.14. The van der Waals surface area contributed by atoms with Crippen LogP contribution in [0.15, 0.2) is 30.3 Å². The quantitative estimate of drug-likeness (QED) is 0.697. The van der Waals surface area contributed by atoms with Crippen molar-refractivity contribution in [3.8, 4) is 5.75 Å². The number of likely N-dealkylation sites (tertiary alicyclic amines) is 1. The van der Waals surface area contributed by atoms with Gasteiger partial charge in [0.25, 0.3) is 0 Å². The summed E-state index contributed by atoms with van der Waals surface area (Å²) in [4.78, 5) is 24.1. The first-order valence-electron chi connectivity index (χ1n) is 6.16. The van der Waals surface area contributed by atoms with Crippen LogP contribution in [0.1, 0.15) is 12.0 Å². The summed E-state index contributed by atoms with van der Waals surface area (Å²) < 4.78 is 0. The summed E-state index contributed by atoms with van der Waals surface area (Å²) in [5, 5.41) is 27.6. The van der Waals surface area contributed by atoms with Crippen LogP contribution in [0.2, 0.25) is 0 Å². The Bertz CT molecular complexity index is 537. The van der Waals surface area contributed by atoms with Crippen LogP contribution in [0.4, 0.5) is 0 Å². The maximum absolute atomic E-state index is 12.0. The van der Waals surface area contributed by atoms with Crippen molar-refractivity contribution >= 4 is 18.0 Å². The summed E-state index contributed by atoms with van der Waals surface area (Å²) in [6.07, 6.45) is 2.04. The number of aliphatic hydroxyl groups excluding tert-OH is 1. The van der Waals surface area contributed by atoms with Crippen LogP contribution < -0.4 is 0 Å². The van der Waals surface area contributed by atoms with Gasteiger partial charge in [0.05, 0.1) is 6.10 Å². The predicted molar refractivity (Wildman–Crippen MR) is 70.9 cm³/mol. The lowest BCUT2D eigenvalue weighted by molar-refractivity contribution is -0.146. The Labute approximate surface area is 115 Å². The molecule has 0 saturated carbocycles. The number of rotatable bonds is 3. The van der Waals surface area contributed by atoms with E-state index in [1.807, 2.05) is 0 Å². The van der Waals surface area contributed by atoms with E-state index in [1.54, 1.807) is 12.1 Å². The number of carbonyl (C=O) groups excluding carboxylic acids is 1. The summed E-state index contributed by atoms with van der Waals surface area (Å²) >= 11 is 0. The predicted octanol–water partition coefficient (Wildman–Crippen LogP) is 0.452. The number of hydrogen-bond donors (Lipinski definition) is 3. The van der Waals surface area contributed by atoms with Gasteiger partial charge in [0, 0.05) is 19.0 Å². The van der Waals surface area contributed by atoms with Gasteiger partial charge in [-0.1, -0.05) is 12.1 Å². The van der Waals surface area contributed by atoms with E-state index >= 15 is 0 Å². The first kappa shape index (κ1) is 14.1. The highest BCUT2D eigenvalue weighted by atomic mass is 16.4. The highest BCUT2D eigenvalue weighted by molar-refractivity contribution is 5.94. The van der Waals surface area contributed by atoms with Crippen LogP contribution in [-0.2, 0) is 9.59 Å². The molecule has 1 aromatic carbocycles. The van der Waals surface area contributed by atoms with E-state index < -0.39 is 24.0 Å².